The number of carboxylic acids is 4. The van der Waals surface area contributed by atoms with Crippen LogP contribution in [0.2, 0.25) is 0 Å². The SMILES string of the molecule is CCCCCCCCCC(=O)N[C@@H](Cc1c[nH]c2ccccc12)C(=O)N[C@@H](CC(N)=O)C(=O)N[C@@H](CC(=O)O)C(=O)NC1C(=O)NCC(=O)N[C@@H](CCCNC(=O)c2ccccc2)C(=O)NC(CC(=O)O)C(=O)N[C@H](C)C(=O)N[C@@H](CC(=O)O)C(=O)NCC(=O)N[C@H](CO)C(=O)NC([C@H](C)CC(=O)O)C(=O)N[C@@H](CC(=O)c2ccccc2N)C(=O)OC1C. The number of unbranched alkanes of at least 4 members (excludes halogenated alkanes) is 6. The molecule has 4 unspecified atom stereocenters. The summed E-state index contributed by atoms with van der Waals surface area (Å²) >= 11 is 0. The maximum Gasteiger partial charge on any atom is 0.329 e. The number of carbonyl (C=O) groups excluding carboxylic acids is 17. The molecule has 13 atom stereocenters. The molecule has 123 heavy (non-hydrogen) atoms. The van der Waals surface area contributed by atoms with Crippen molar-refractivity contribution in [3.05, 3.63) is 102 Å². The van der Waals surface area contributed by atoms with Crippen molar-refractivity contribution in [3.63, 3.8) is 0 Å². The van der Waals surface area contributed by atoms with E-state index in [0.717, 1.165) is 52.9 Å². The molecule has 44 nitrogen and oxygen atoms in total. The highest BCUT2D eigenvalue weighted by atomic mass is 16.5. The maximum absolute atomic E-state index is 15.0. The van der Waals surface area contributed by atoms with E-state index in [0.29, 0.717) is 29.3 Å². The van der Waals surface area contributed by atoms with Gasteiger partial charge >= 0.3 is 29.8 Å². The molecule has 668 valence electrons. The third-order valence-electron chi connectivity index (χ3n) is 19.2. The molecule has 1 aliphatic heterocycles. The zero-order valence-electron chi connectivity index (χ0n) is 67.8. The summed E-state index contributed by atoms with van der Waals surface area (Å²) < 4.78 is 5.72. The number of aromatic amines is 1. The Bertz CT molecular complexity index is 4500. The zero-order chi connectivity index (χ0) is 91.2. The summed E-state index contributed by atoms with van der Waals surface area (Å²) in [4.78, 5) is 292. The van der Waals surface area contributed by atoms with Crippen LogP contribution in [-0.4, -0.2) is 254 Å². The smallest absolute Gasteiger partial charge is 0.329 e. The number of cyclic esters (lactones) is 1. The molecule has 1 aromatic heterocycles. The van der Waals surface area contributed by atoms with Crippen molar-refractivity contribution in [2.24, 2.45) is 11.7 Å². The molecule has 1 aliphatic rings. The molecule has 0 radical (unpaired) electrons. The molecule has 0 spiro atoms. The topological polar surface area (TPSA) is 705 Å². The van der Waals surface area contributed by atoms with Gasteiger partial charge in [0.1, 0.15) is 72.6 Å². The molecule has 0 aliphatic carbocycles. The lowest BCUT2D eigenvalue weighted by molar-refractivity contribution is -0.156. The van der Waals surface area contributed by atoms with Gasteiger partial charge in [-0.05, 0) is 74.9 Å². The standard InChI is InChI=1S/C79H105N17O27/c1-5-6-7-8-9-10-14-27-59(100)88-50(30-44-36-83-48-25-18-16-22-45(44)48)73(116)91-51(32-58(81)99)74(117)93-54(35-65(109)110)75(118)96-67-42(4)123-79(122)55(31-57(98)46-23-15-17-24-47(46)80)94-78(121)66(40(2)29-62(103)104)95-76(119)56(39-97)89-61(102)37-84-70(113)52(33-63(105)106)90-68(111)41(3)86-72(115)53(34-64(107)108)92-71(114)49(87-60(101)38-85-77(67)120)26-19-28-82-69(112)43-20-12-11-13-21-43/h11-13,15-18,20-25,36,40-42,49-56,66-67,83,97H,5-10,14,19,26-35,37-39,80H2,1-4H3,(H2,81,99)(H,82,112)(H,84,113)(H,85,120)(H,86,115)(H,87,101)(H,88,100)(H,89,102)(H,90,111)(H,91,116)(H,92,114)(H,93,117)(H,94,121)(H,95,119)(H,96,118)(H,103,104)(H,105,106)(H,107,108)(H,109,110)/t40-,41-,42?,49+,50+,51+,52+,53?,54+,55+,56-,66?,67?/m1/s1. The number of para-hydroxylation sites is 2. The summed E-state index contributed by atoms with van der Waals surface area (Å²) in [6.45, 7) is 0.928. The Kier molecular flexibility index (Phi) is 40.6. The average molecular weight is 1720 g/mol. The second-order valence-corrected chi connectivity index (χ2v) is 29.1. The average Bonchev–Trinajstić information content (AvgIpc) is 1.80. The molecule has 0 saturated carbocycles. The Morgan fingerprint density at radius 2 is 1.07 bits per heavy atom. The minimum Gasteiger partial charge on any atom is -0.481 e. The van der Waals surface area contributed by atoms with E-state index in [9.17, 15) is 126 Å². The highest BCUT2D eigenvalue weighted by Gasteiger charge is 2.41. The largest absolute Gasteiger partial charge is 0.481 e. The molecule has 3 aromatic carbocycles. The molecule has 44 heteroatoms. The number of ether oxygens (including phenoxy) is 1. The van der Waals surface area contributed by atoms with Crippen LogP contribution >= 0.6 is 0 Å². The summed E-state index contributed by atoms with van der Waals surface area (Å²) in [6, 6.07) is -3.33. The number of Topliss-reactive ketones (excluding diaryl/α,β-unsaturated/α-hetero) is 1. The number of aliphatic carboxylic acids is 4. The van der Waals surface area contributed by atoms with E-state index in [1.165, 1.54) is 36.4 Å². The number of H-pyrrole nitrogens is 1. The summed E-state index contributed by atoms with van der Waals surface area (Å²) in [7, 11) is 0. The lowest BCUT2D eigenvalue weighted by Crippen LogP contribution is -2.62. The third-order valence-corrected chi connectivity index (χ3v) is 19.2. The Hall–Kier alpha value is -14.0. The fourth-order valence-electron chi connectivity index (χ4n) is 12.6. The van der Waals surface area contributed by atoms with Gasteiger partial charge in [-0.25, -0.2) is 4.79 Å². The Labute approximate surface area is 703 Å². The van der Waals surface area contributed by atoms with Crippen LogP contribution in [0.15, 0.2) is 85.1 Å². The van der Waals surface area contributed by atoms with Crippen molar-refractivity contribution in [1.82, 2.24) is 79.4 Å². The molecule has 1 fully saturated rings. The number of carbonyl (C=O) groups is 21. The highest BCUT2D eigenvalue weighted by molar-refractivity contribution is 6.05. The number of ketones is 1. The first-order valence-corrected chi connectivity index (χ1v) is 39.4. The van der Waals surface area contributed by atoms with Gasteiger partial charge in [-0.15, -0.1) is 0 Å². The van der Waals surface area contributed by atoms with Crippen LogP contribution < -0.4 is 85.9 Å². The van der Waals surface area contributed by atoms with Crippen LogP contribution in [0.1, 0.15) is 157 Å². The van der Waals surface area contributed by atoms with Gasteiger partial charge in [0.05, 0.1) is 51.8 Å². The summed E-state index contributed by atoms with van der Waals surface area (Å²) in [5.74, 6) is -30.8. The molecule has 2 heterocycles. The molecule has 4 aromatic rings. The first kappa shape index (κ1) is 99.6. The minimum atomic E-state index is -2.49. The molecule has 1 saturated heterocycles. The van der Waals surface area contributed by atoms with Crippen molar-refractivity contribution in [2.45, 2.75) is 209 Å². The number of aliphatic hydroxyl groups excluding tert-OH is 1. The van der Waals surface area contributed by atoms with Crippen LogP contribution in [0.3, 0.4) is 0 Å². The second kappa shape index (κ2) is 50.2. The normalized spacial score (nSPS) is 20.5. The van der Waals surface area contributed by atoms with Crippen molar-refractivity contribution < 1.29 is 131 Å². The number of anilines is 1. The number of aliphatic hydroxyl groups is 1. The van der Waals surface area contributed by atoms with E-state index in [4.69, 9.17) is 16.2 Å². The number of fused-ring (bicyclic) bond motifs is 1. The van der Waals surface area contributed by atoms with E-state index in [2.05, 4.69) is 70.4 Å². The fourth-order valence-corrected chi connectivity index (χ4v) is 12.6. The molecular weight excluding hydrogens is 1620 g/mol. The second-order valence-electron chi connectivity index (χ2n) is 29.1. The van der Waals surface area contributed by atoms with Gasteiger partial charge in [-0.1, -0.05) is 101 Å². The number of hydrogen-bond acceptors (Lipinski definition) is 24. The number of primary amides is 1. The van der Waals surface area contributed by atoms with Crippen molar-refractivity contribution in [2.75, 3.05) is 32.0 Å². The number of esters is 1. The number of nitrogens with two attached hydrogens (primary N) is 2. The van der Waals surface area contributed by atoms with Crippen LogP contribution in [0.25, 0.3) is 10.9 Å². The van der Waals surface area contributed by atoms with E-state index in [1.807, 2.05) is 16.0 Å². The van der Waals surface area contributed by atoms with Gasteiger partial charge in [-0.2, -0.15) is 0 Å². The van der Waals surface area contributed by atoms with Crippen LogP contribution in [0, 0.1) is 5.92 Å². The van der Waals surface area contributed by atoms with E-state index in [-0.39, 0.29) is 42.6 Å². The Morgan fingerprint density at radius 3 is 1.69 bits per heavy atom. The number of nitrogen functional groups attached to an aromatic ring is 1. The lowest BCUT2D eigenvalue weighted by atomic mass is 9.96. The first-order valence-electron chi connectivity index (χ1n) is 39.4. The highest BCUT2D eigenvalue weighted by Crippen LogP contribution is 2.22. The molecular formula is C79H105N17O27. The fraction of sp³-hybridized carbons (Fsp3) is 0.481. The molecule has 24 N–H and O–H groups in total. The predicted molar refractivity (Wildman–Crippen MR) is 430 cm³/mol. The number of carboxylic acid groups (broad SMARTS) is 4. The molecule has 0 bridgehead atoms. The van der Waals surface area contributed by atoms with E-state index in [1.54, 1.807) is 48.7 Å². The number of hydrogen-bond donors (Lipinski definition) is 22. The quantitative estimate of drug-likeness (QED) is 0.00882. The van der Waals surface area contributed by atoms with Gasteiger partial charge in [-0.3, -0.25) is 95.9 Å². The van der Waals surface area contributed by atoms with Crippen molar-refractivity contribution >= 4 is 141 Å². The number of nitrogens with one attached hydrogen (secondary N) is 15. The van der Waals surface area contributed by atoms with Gasteiger partial charge in [0.2, 0.25) is 82.7 Å². The third kappa shape index (κ3) is 34.0. The van der Waals surface area contributed by atoms with Crippen LogP contribution in [-0.2, 0) is 102 Å². The Balaban J connectivity index is 1.63. The summed E-state index contributed by atoms with van der Waals surface area (Å²) in [6.07, 6.45) is -2.82. The summed E-state index contributed by atoms with van der Waals surface area (Å²) in [5, 5.41) is 81.7. The van der Waals surface area contributed by atoms with Gasteiger partial charge in [0.15, 0.2) is 5.78 Å². The first-order chi connectivity index (χ1) is 58.3. The number of rotatable bonds is 37. The zero-order valence-corrected chi connectivity index (χ0v) is 67.8. The monoisotopic (exact) mass is 1720 g/mol. The lowest BCUT2D eigenvalue weighted by Gasteiger charge is -2.30. The maximum atomic E-state index is 15.0. The molecule has 5 rings (SSSR count). The van der Waals surface area contributed by atoms with Gasteiger partial charge in [0, 0.05) is 59.7 Å². The van der Waals surface area contributed by atoms with Crippen LogP contribution in [0.4, 0.5) is 5.69 Å². The number of benzene rings is 3. The Morgan fingerprint density at radius 1 is 0.528 bits per heavy atom. The van der Waals surface area contributed by atoms with Crippen molar-refractivity contribution in [1.29, 1.82) is 0 Å². The predicted octanol–water partition coefficient (Wildman–Crippen LogP) is -4.15. The van der Waals surface area contributed by atoms with E-state index < -0.39 is 267 Å². The van der Waals surface area contributed by atoms with Gasteiger partial charge in [0.25, 0.3) is 5.91 Å². The summed E-state index contributed by atoms with van der Waals surface area (Å²) in [5.41, 5.74) is 12.6. The number of amides is 15. The minimum absolute atomic E-state index is 0.0286. The van der Waals surface area contributed by atoms with Crippen molar-refractivity contribution in [3.8, 4) is 0 Å². The molecule has 15 amide bonds. The number of aromatic nitrogens is 1. The van der Waals surface area contributed by atoms with E-state index >= 15 is 0 Å². The van der Waals surface area contributed by atoms with Gasteiger partial charge < -0.3 is 121 Å². The van der Waals surface area contributed by atoms with Crippen LogP contribution in [0.5, 0.6) is 0 Å².